The quantitative estimate of drug-likeness (QED) is 0.359. The third kappa shape index (κ3) is 4.22. The first-order chi connectivity index (χ1) is 18.6. The predicted octanol–water partition coefficient (Wildman–Crippen LogP) is 3.47. The van der Waals surface area contributed by atoms with Crippen LogP contribution < -0.4 is 14.8 Å². The molecule has 1 saturated heterocycles. The van der Waals surface area contributed by atoms with E-state index < -0.39 is 0 Å². The number of nitrogens with one attached hydrogen (secondary N) is 2. The Morgan fingerprint density at radius 2 is 1.95 bits per heavy atom. The fourth-order valence-corrected chi connectivity index (χ4v) is 5.11. The van der Waals surface area contributed by atoms with Crippen LogP contribution in [-0.2, 0) is 11.3 Å². The molecule has 0 spiro atoms. The molecule has 4 heterocycles. The summed E-state index contributed by atoms with van der Waals surface area (Å²) in [6.07, 6.45) is 1.78. The summed E-state index contributed by atoms with van der Waals surface area (Å²) in [5, 5.41) is 4.41. The van der Waals surface area contributed by atoms with Gasteiger partial charge in [0, 0.05) is 31.1 Å². The second-order valence-corrected chi connectivity index (χ2v) is 9.33. The molecule has 1 atom stereocenters. The van der Waals surface area contributed by atoms with Crippen LogP contribution in [0.2, 0.25) is 0 Å². The number of carbonyl (C=O) groups is 1. The summed E-state index contributed by atoms with van der Waals surface area (Å²) in [5.41, 5.74) is 4.18. The number of aryl methyl sites for hydroxylation is 1. The van der Waals surface area contributed by atoms with Gasteiger partial charge in [-0.25, -0.2) is 15.0 Å². The van der Waals surface area contributed by atoms with Crippen LogP contribution in [0.1, 0.15) is 17.7 Å². The molecular weight excluding hydrogens is 482 g/mol. The van der Waals surface area contributed by atoms with Gasteiger partial charge in [0.15, 0.2) is 0 Å². The van der Waals surface area contributed by atoms with Gasteiger partial charge in [-0.3, -0.25) is 4.79 Å². The van der Waals surface area contributed by atoms with Crippen molar-refractivity contribution in [2.75, 3.05) is 33.9 Å². The number of piperazine rings is 1. The topological polar surface area (TPSA) is 110 Å². The van der Waals surface area contributed by atoms with E-state index in [0.717, 1.165) is 51.3 Å². The molecule has 0 unspecified atom stereocenters. The maximum absolute atomic E-state index is 13.7. The predicted molar refractivity (Wildman–Crippen MR) is 144 cm³/mol. The Balaban J connectivity index is 1.30. The lowest BCUT2D eigenvalue weighted by molar-refractivity contribution is -0.135. The average molecular weight is 512 g/mol. The molecule has 1 fully saturated rings. The minimum atomic E-state index is -0.242. The van der Waals surface area contributed by atoms with Gasteiger partial charge in [0.1, 0.15) is 30.0 Å². The molecule has 1 amide bonds. The molecule has 6 rings (SSSR count). The van der Waals surface area contributed by atoms with Crippen molar-refractivity contribution in [2.45, 2.75) is 19.5 Å². The molecule has 10 heteroatoms. The van der Waals surface area contributed by atoms with Crippen molar-refractivity contribution >= 4 is 27.8 Å². The van der Waals surface area contributed by atoms with Crippen molar-refractivity contribution in [3.63, 3.8) is 0 Å². The Hall–Kier alpha value is -4.44. The van der Waals surface area contributed by atoms with Crippen molar-refractivity contribution in [1.82, 2.24) is 34.7 Å². The molecular formula is C28H29N7O3. The number of pyridine rings is 1. The maximum Gasteiger partial charge on any atom is 0.243 e. The summed E-state index contributed by atoms with van der Waals surface area (Å²) in [6.45, 7) is 4.00. The smallest absolute Gasteiger partial charge is 0.243 e. The van der Waals surface area contributed by atoms with Crippen molar-refractivity contribution in [3.8, 4) is 22.9 Å². The highest BCUT2D eigenvalue weighted by atomic mass is 16.5. The number of nitrogens with zero attached hydrogens (tertiary/aromatic N) is 5. The zero-order valence-corrected chi connectivity index (χ0v) is 21.6. The van der Waals surface area contributed by atoms with Gasteiger partial charge in [-0.05, 0) is 31.2 Å². The second kappa shape index (κ2) is 9.79. The Bertz CT molecular complexity index is 1640. The molecule has 2 aromatic carbocycles. The Morgan fingerprint density at radius 1 is 1.08 bits per heavy atom. The molecule has 0 aliphatic carbocycles. The molecule has 10 nitrogen and oxygen atoms in total. The molecule has 38 heavy (non-hydrogen) atoms. The lowest BCUT2D eigenvalue weighted by Gasteiger charge is -2.35. The summed E-state index contributed by atoms with van der Waals surface area (Å²) < 4.78 is 12.9. The zero-order valence-electron chi connectivity index (χ0n) is 21.6. The SMILES string of the molecule is COc1ccc2nc(C)n(CC(=O)N3CCNC[C@H]3c3ncc(-c4cc5ccccc5nc4OC)[nH]3)c2c1. The standard InChI is InChI=1S/C28H29N7O3/c1-17-31-22-9-8-19(37-2)13-24(22)35(17)16-26(36)34-11-10-29-15-25(34)27-30-14-23(32-27)20-12-18-6-4-5-7-21(18)33-28(20)38-3/h4-9,12-14,25,29H,10-11,15-16H2,1-3H3,(H,30,32)/t25-/m0/s1. The van der Waals surface area contributed by atoms with E-state index in [2.05, 4.69) is 25.3 Å². The van der Waals surface area contributed by atoms with E-state index in [9.17, 15) is 4.79 Å². The van der Waals surface area contributed by atoms with E-state index in [1.807, 2.05) is 64.9 Å². The van der Waals surface area contributed by atoms with Gasteiger partial charge in [0.2, 0.25) is 11.8 Å². The number of hydrogen-bond acceptors (Lipinski definition) is 7. The van der Waals surface area contributed by atoms with Gasteiger partial charge in [-0.15, -0.1) is 0 Å². The minimum absolute atomic E-state index is 0.00428. The first-order valence-corrected chi connectivity index (χ1v) is 12.6. The highest BCUT2D eigenvalue weighted by molar-refractivity contribution is 5.85. The highest BCUT2D eigenvalue weighted by Gasteiger charge is 2.31. The lowest BCUT2D eigenvalue weighted by Crippen LogP contribution is -2.50. The molecule has 0 bridgehead atoms. The van der Waals surface area contributed by atoms with E-state index in [4.69, 9.17) is 9.47 Å². The number of rotatable bonds is 6. The number of carbonyl (C=O) groups excluding carboxylic acids is 1. The van der Waals surface area contributed by atoms with Gasteiger partial charge < -0.3 is 29.2 Å². The summed E-state index contributed by atoms with van der Waals surface area (Å²) in [6, 6.07) is 15.4. The number of H-pyrrole nitrogens is 1. The van der Waals surface area contributed by atoms with E-state index in [1.165, 1.54) is 0 Å². The fraction of sp³-hybridized carbons (Fsp3) is 0.286. The van der Waals surface area contributed by atoms with Crippen LogP contribution in [0.5, 0.6) is 11.6 Å². The molecule has 1 aliphatic rings. The largest absolute Gasteiger partial charge is 0.497 e. The fourth-order valence-electron chi connectivity index (χ4n) is 5.11. The number of fused-ring (bicyclic) bond motifs is 2. The Kier molecular flexibility index (Phi) is 6.16. The molecule has 3 aromatic heterocycles. The molecule has 0 saturated carbocycles. The number of hydrogen-bond donors (Lipinski definition) is 2. The van der Waals surface area contributed by atoms with Gasteiger partial charge >= 0.3 is 0 Å². The Labute approximate surface area is 219 Å². The number of ether oxygens (including phenoxy) is 2. The summed E-state index contributed by atoms with van der Waals surface area (Å²) in [5.74, 6) is 2.75. The van der Waals surface area contributed by atoms with Crippen LogP contribution in [0.3, 0.4) is 0 Å². The summed E-state index contributed by atoms with van der Waals surface area (Å²) in [4.78, 5) is 33.0. The zero-order chi connectivity index (χ0) is 26.2. The van der Waals surface area contributed by atoms with E-state index in [1.54, 1.807) is 20.4 Å². The maximum atomic E-state index is 13.7. The number of para-hydroxylation sites is 1. The molecule has 0 radical (unpaired) electrons. The van der Waals surface area contributed by atoms with Crippen molar-refractivity contribution in [1.29, 1.82) is 0 Å². The van der Waals surface area contributed by atoms with Gasteiger partial charge in [-0.2, -0.15) is 0 Å². The average Bonchev–Trinajstić information content (AvgIpc) is 3.56. The monoisotopic (exact) mass is 511 g/mol. The first kappa shape index (κ1) is 23.9. The number of imidazole rings is 2. The van der Waals surface area contributed by atoms with Crippen molar-refractivity contribution in [2.24, 2.45) is 0 Å². The molecule has 2 N–H and O–H groups in total. The number of benzene rings is 2. The molecule has 5 aromatic rings. The van der Waals surface area contributed by atoms with E-state index in [-0.39, 0.29) is 18.5 Å². The molecule has 1 aliphatic heterocycles. The van der Waals surface area contributed by atoms with Crippen LogP contribution in [0.4, 0.5) is 0 Å². The first-order valence-electron chi connectivity index (χ1n) is 12.6. The van der Waals surface area contributed by atoms with Crippen LogP contribution >= 0.6 is 0 Å². The van der Waals surface area contributed by atoms with Crippen LogP contribution in [0, 0.1) is 6.92 Å². The van der Waals surface area contributed by atoms with Crippen LogP contribution in [0.15, 0.2) is 54.7 Å². The normalized spacial score (nSPS) is 15.8. The van der Waals surface area contributed by atoms with Crippen molar-refractivity contribution in [3.05, 3.63) is 66.4 Å². The summed E-state index contributed by atoms with van der Waals surface area (Å²) >= 11 is 0. The lowest BCUT2D eigenvalue weighted by atomic mass is 10.1. The van der Waals surface area contributed by atoms with E-state index >= 15 is 0 Å². The second-order valence-electron chi connectivity index (χ2n) is 9.33. The number of amides is 1. The Morgan fingerprint density at radius 3 is 2.79 bits per heavy atom. The number of aromatic nitrogens is 5. The minimum Gasteiger partial charge on any atom is -0.497 e. The van der Waals surface area contributed by atoms with Gasteiger partial charge in [-0.1, -0.05) is 18.2 Å². The van der Waals surface area contributed by atoms with Crippen LogP contribution in [0.25, 0.3) is 33.2 Å². The number of methoxy groups -OCH3 is 2. The third-order valence-corrected chi connectivity index (χ3v) is 7.09. The number of aromatic amines is 1. The summed E-state index contributed by atoms with van der Waals surface area (Å²) in [7, 11) is 3.24. The van der Waals surface area contributed by atoms with Crippen LogP contribution in [-0.4, -0.2) is 69.2 Å². The van der Waals surface area contributed by atoms with E-state index in [0.29, 0.717) is 24.8 Å². The van der Waals surface area contributed by atoms with Crippen molar-refractivity contribution < 1.29 is 14.3 Å². The van der Waals surface area contributed by atoms with Gasteiger partial charge in [0.05, 0.1) is 48.2 Å². The molecule has 194 valence electrons. The third-order valence-electron chi connectivity index (χ3n) is 7.09. The highest BCUT2D eigenvalue weighted by Crippen LogP contribution is 2.32. The van der Waals surface area contributed by atoms with Gasteiger partial charge in [0.25, 0.3) is 0 Å².